The number of unbranched alkanes of at least 4 members (excludes halogenated alkanes) is 1. The topological polar surface area (TPSA) is 83.7 Å². The number of rotatable bonds is 7. The van der Waals surface area contributed by atoms with Gasteiger partial charge in [-0.3, -0.25) is 9.59 Å². The van der Waals surface area contributed by atoms with Crippen molar-refractivity contribution in [3.05, 3.63) is 86.8 Å². The van der Waals surface area contributed by atoms with Gasteiger partial charge < -0.3 is 9.73 Å². The number of amides is 2. The van der Waals surface area contributed by atoms with Crippen LogP contribution in [0.3, 0.4) is 0 Å². The minimum absolute atomic E-state index is 0.284. The molecule has 1 aliphatic carbocycles. The summed E-state index contributed by atoms with van der Waals surface area (Å²) in [6.07, 6.45) is 5.61. The number of fused-ring (bicyclic) bond motifs is 1. The van der Waals surface area contributed by atoms with Crippen LogP contribution in [0.25, 0.3) is 0 Å². The Morgan fingerprint density at radius 3 is 2.47 bits per heavy atom. The number of nitrogens with zero attached hydrogens (tertiary/aromatic N) is 1. The fourth-order valence-corrected chi connectivity index (χ4v) is 4.37. The first-order valence-corrected chi connectivity index (χ1v) is 12.4. The molecule has 2 aromatic carbocycles. The number of nitrogens with one attached hydrogen (secondary N) is 2. The molecule has 0 radical (unpaired) electrons. The van der Waals surface area contributed by atoms with Crippen LogP contribution in [0.1, 0.15) is 76.0 Å². The van der Waals surface area contributed by atoms with Crippen LogP contribution in [0, 0.1) is 6.92 Å². The summed E-state index contributed by atoms with van der Waals surface area (Å²) in [7, 11) is 0. The Morgan fingerprint density at radius 2 is 1.76 bits per heavy atom. The summed E-state index contributed by atoms with van der Waals surface area (Å²) in [4.78, 5) is 25.4. The summed E-state index contributed by atoms with van der Waals surface area (Å²) in [6.45, 7) is 4.04. The Morgan fingerprint density at radius 1 is 1.03 bits per heavy atom. The maximum absolute atomic E-state index is 13.0. The second kappa shape index (κ2) is 10.8. The van der Waals surface area contributed by atoms with Crippen molar-refractivity contribution in [2.45, 2.75) is 52.4 Å². The average Bonchev–Trinajstić information content (AvgIpc) is 3.19. The predicted molar refractivity (Wildman–Crippen MR) is 138 cm³/mol. The maximum atomic E-state index is 13.0. The number of aryl methyl sites for hydroxylation is 2. The van der Waals surface area contributed by atoms with Crippen molar-refractivity contribution in [3.63, 3.8) is 0 Å². The van der Waals surface area contributed by atoms with E-state index in [2.05, 4.69) is 38.7 Å². The molecule has 2 N–H and O–H groups in total. The van der Waals surface area contributed by atoms with Crippen molar-refractivity contribution in [1.29, 1.82) is 0 Å². The molecule has 4 rings (SSSR count). The fourth-order valence-electron chi connectivity index (χ4n) is 4.10. The SMILES string of the molecule is CCCCc1ccc(NC(=O)c2oc3c(c2C)/C(=N/NC(=O)c2ccc(Br)cc2)CCC3)cc1. The number of furan rings is 1. The van der Waals surface area contributed by atoms with Gasteiger partial charge in [0.15, 0.2) is 5.76 Å². The van der Waals surface area contributed by atoms with Crippen molar-refractivity contribution in [1.82, 2.24) is 5.43 Å². The lowest BCUT2D eigenvalue weighted by molar-refractivity contribution is 0.0953. The van der Waals surface area contributed by atoms with E-state index < -0.39 is 0 Å². The van der Waals surface area contributed by atoms with Gasteiger partial charge in [-0.25, -0.2) is 5.43 Å². The van der Waals surface area contributed by atoms with Gasteiger partial charge in [0.1, 0.15) is 5.76 Å². The normalized spacial score (nSPS) is 14.0. The Bertz CT molecular complexity index is 1210. The first-order valence-electron chi connectivity index (χ1n) is 11.6. The molecule has 0 fully saturated rings. The lowest BCUT2D eigenvalue weighted by atomic mass is 9.93. The zero-order chi connectivity index (χ0) is 24.1. The number of hydrazone groups is 1. The quantitative estimate of drug-likeness (QED) is 0.352. The standard InChI is InChI=1S/C27H28BrN3O3/c1-3-4-6-18-9-15-21(16-10-18)29-27(33)25-17(2)24-22(7-5-8-23(24)34-25)30-31-26(32)19-11-13-20(28)14-12-19/h9-16H,3-8H2,1-2H3,(H,29,33)(H,31,32)/b30-22+. The lowest BCUT2D eigenvalue weighted by Crippen LogP contribution is -2.22. The van der Waals surface area contributed by atoms with Crippen LogP contribution in [0.2, 0.25) is 0 Å². The summed E-state index contributed by atoms with van der Waals surface area (Å²) in [5.74, 6) is 0.453. The van der Waals surface area contributed by atoms with Crippen LogP contribution in [-0.2, 0) is 12.8 Å². The number of benzene rings is 2. The first-order chi connectivity index (χ1) is 16.5. The molecular weight excluding hydrogens is 494 g/mol. The van der Waals surface area contributed by atoms with Gasteiger partial charge in [0.05, 0.1) is 5.71 Å². The number of halogens is 1. The summed E-state index contributed by atoms with van der Waals surface area (Å²) >= 11 is 3.37. The third-order valence-electron chi connectivity index (χ3n) is 5.96. The molecule has 0 saturated carbocycles. The highest BCUT2D eigenvalue weighted by Gasteiger charge is 2.28. The molecule has 0 bridgehead atoms. The Kier molecular flexibility index (Phi) is 7.63. The first kappa shape index (κ1) is 24.0. The number of anilines is 1. The van der Waals surface area contributed by atoms with Crippen LogP contribution in [0.4, 0.5) is 5.69 Å². The van der Waals surface area contributed by atoms with Gasteiger partial charge in [0, 0.05) is 33.3 Å². The molecule has 2 amide bonds. The summed E-state index contributed by atoms with van der Waals surface area (Å²) in [6, 6.07) is 15.0. The third kappa shape index (κ3) is 5.47. The predicted octanol–water partition coefficient (Wildman–Crippen LogP) is 6.42. The van der Waals surface area contributed by atoms with Gasteiger partial charge >= 0.3 is 0 Å². The van der Waals surface area contributed by atoms with E-state index in [1.54, 1.807) is 12.1 Å². The van der Waals surface area contributed by atoms with Crippen LogP contribution in [0.5, 0.6) is 0 Å². The molecule has 1 aromatic heterocycles. The highest BCUT2D eigenvalue weighted by molar-refractivity contribution is 9.10. The maximum Gasteiger partial charge on any atom is 0.291 e. The third-order valence-corrected chi connectivity index (χ3v) is 6.49. The van der Waals surface area contributed by atoms with E-state index in [1.807, 2.05) is 43.3 Å². The summed E-state index contributed by atoms with van der Waals surface area (Å²) < 4.78 is 6.87. The minimum Gasteiger partial charge on any atom is -0.455 e. The molecule has 0 atom stereocenters. The molecule has 1 aliphatic rings. The van der Waals surface area contributed by atoms with Gasteiger partial charge in [0.2, 0.25) is 0 Å². The number of carbonyl (C=O) groups excluding carboxylic acids is 2. The smallest absolute Gasteiger partial charge is 0.291 e. The molecule has 3 aromatic rings. The van der Waals surface area contributed by atoms with Gasteiger partial charge in [-0.1, -0.05) is 41.4 Å². The van der Waals surface area contributed by atoms with E-state index >= 15 is 0 Å². The van der Waals surface area contributed by atoms with Crippen molar-refractivity contribution in [2.75, 3.05) is 5.32 Å². The van der Waals surface area contributed by atoms with Crippen molar-refractivity contribution in [3.8, 4) is 0 Å². The highest BCUT2D eigenvalue weighted by Crippen LogP contribution is 2.30. The Labute approximate surface area is 208 Å². The molecule has 176 valence electrons. The van der Waals surface area contributed by atoms with Gasteiger partial charge in [-0.15, -0.1) is 0 Å². The Hall–Kier alpha value is -3.19. The molecule has 0 aliphatic heterocycles. The van der Waals surface area contributed by atoms with E-state index in [0.29, 0.717) is 12.0 Å². The van der Waals surface area contributed by atoms with E-state index in [-0.39, 0.29) is 17.6 Å². The largest absolute Gasteiger partial charge is 0.455 e. The van der Waals surface area contributed by atoms with Crippen LogP contribution in [0.15, 0.2) is 62.5 Å². The fraction of sp³-hybridized carbons (Fsp3) is 0.296. The van der Waals surface area contributed by atoms with Crippen LogP contribution >= 0.6 is 15.9 Å². The van der Waals surface area contributed by atoms with Crippen LogP contribution in [-0.4, -0.2) is 17.5 Å². The molecule has 7 heteroatoms. The number of hydrogen-bond acceptors (Lipinski definition) is 4. The van der Waals surface area contributed by atoms with Gasteiger partial charge in [-0.05, 0) is 74.6 Å². The second-order valence-corrected chi connectivity index (χ2v) is 9.38. The second-order valence-electron chi connectivity index (χ2n) is 8.47. The Balaban J connectivity index is 1.49. The van der Waals surface area contributed by atoms with Gasteiger partial charge in [-0.2, -0.15) is 5.10 Å². The molecule has 1 heterocycles. The molecular formula is C27H28BrN3O3. The molecule has 0 saturated heterocycles. The van der Waals surface area contributed by atoms with Crippen LogP contribution < -0.4 is 10.7 Å². The van der Waals surface area contributed by atoms with E-state index in [9.17, 15) is 9.59 Å². The minimum atomic E-state index is -0.286. The van der Waals surface area contributed by atoms with E-state index in [4.69, 9.17) is 4.42 Å². The molecule has 34 heavy (non-hydrogen) atoms. The van der Waals surface area contributed by atoms with Crippen molar-refractivity contribution >= 4 is 39.1 Å². The van der Waals surface area contributed by atoms with Gasteiger partial charge in [0.25, 0.3) is 11.8 Å². The zero-order valence-electron chi connectivity index (χ0n) is 19.4. The van der Waals surface area contributed by atoms with Crippen molar-refractivity contribution in [2.24, 2.45) is 5.10 Å². The molecule has 0 unspecified atom stereocenters. The lowest BCUT2D eigenvalue weighted by Gasteiger charge is -2.13. The highest BCUT2D eigenvalue weighted by atomic mass is 79.9. The average molecular weight is 522 g/mol. The zero-order valence-corrected chi connectivity index (χ0v) is 21.0. The van der Waals surface area contributed by atoms with Crippen molar-refractivity contribution < 1.29 is 14.0 Å². The number of hydrogen-bond donors (Lipinski definition) is 2. The van der Waals surface area contributed by atoms with E-state index in [0.717, 1.165) is 64.9 Å². The van der Waals surface area contributed by atoms with E-state index in [1.165, 1.54) is 5.56 Å². The summed E-state index contributed by atoms with van der Waals surface area (Å²) in [5, 5.41) is 7.33. The monoisotopic (exact) mass is 521 g/mol. The number of carbonyl (C=O) groups is 2. The molecule has 0 spiro atoms. The molecule has 6 nitrogen and oxygen atoms in total. The summed E-state index contributed by atoms with van der Waals surface area (Å²) in [5.41, 5.74) is 7.45.